The molecule has 1 heterocycles. The number of rotatable bonds is 2. The maximum atomic E-state index is 11.8. The highest BCUT2D eigenvalue weighted by Crippen LogP contribution is 2.21. The predicted molar refractivity (Wildman–Crippen MR) is 52.5 cm³/mol. The van der Waals surface area contributed by atoms with E-state index in [2.05, 4.69) is 11.4 Å². The second kappa shape index (κ2) is 4.05. The van der Waals surface area contributed by atoms with Gasteiger partial charge in [-0.05, 0) is 31.3 Å². The highest BCUT2D eigenvalue weighted by atomic mass is 16.1. The second-order valence-corrected chi connectivity index (χ2v) is 4.05. The van der Waals surface area contributed by atoms with Crippen molar-refractivity contribution in [2.75, 3.05) is 13.1 Å². The van der Waals surface area contributed by atoms with Gasteiger partial charge in [-0.25, -0.2) is 0 Å². The first kappa shape index (κ1) is 8.95. The van der Waals surface area contributed by atoms with Gasteiger partial charge in [-0.15, -0.1) is 0 Å². The Balaban J connectivity index is 1.96. The van der Waals surface area contributed by atoms with E-state index in [9.17, 15) is 4.79 Å². The SMILES string of the molecule is O=C(C1=CCCCCC1)C1CNC1. The molecule has 1 fully saturated rings. The topological polar surface area (TPSA) is 29.1 Å². The van der Waals surface area contributed by atoms with E-state index >= 15 is 0 Å². The largest absolute Gasteiger partial charge is 0.315 e. The summed E-state index contributed by atoms with van der Waals surface area (Å²) in [5.41, 5.74) is 1.11. The van der Waals surface area contributed by atoms with Gasteiger partial charge in [0.25, 0.3) is 0 Å². The molecule has 0 unspecified atom stereocenters. The van der Waals surface area contributed by atoms with Crippen LogP contribution >= 0.6 is 0 Å². The van der Waals surface area contributed by atoms with Crippen LogP contribution in [0.1, 0.15) is 32.1 Å². The molecule has 0 aromatic heterocycles. The number of carbonyl (C=O) groups excluding carboxylic acids is 1. The summed E-state index contributed by atoms with van der Waals surface area (Å²) in [7, 11) is 0. The average molecular weight is 179 g/mol. The lowest BCUT2D eigenvalue weighted by Gasteiger charge is -2.26. The molecular formula is C11H17NO. The molecule has 1 saturated heterocycles. The number of ketones is 1. The summed E-state index contributed by atoms with van der Waals surface area (Å²) >= 11 is 0. The van der Waals surface area contributed by atoms with Crippen LogP contribution in [0.4, 0.5) is 0 Å². The first-order chi connectivity index (χ1) is 6.38. The van der Waals surface area contributed by atoms with Crippen LogP contribution in [-0.2, 0) is 4.79 Å². The van der Waals surface area contributed by atoms with E-state index in [1.165, 1.54) is 19.3 Å². The molecule has 0 aromatic carbocycles. The molecule has 0 bridgehead atoms. The lowest BCUT2D eigenvalue weighted by molar-refractivity contribution is -0.120. The van der Waals surface area contributed by atoms with Gasteiger partial charge in [0.15, 0.2) is 5.78 Å². The molecule has 2 aliphatic rings. The second-order valence-electron chi connectivity index (χ2n) is 4.05. The van der Waals surface area contributed by atoms with Crippen LogP contribution in [0.2, 0.25) is 0 Å². The molecule has 1 aliphatic carbocycles. The summed E-state index contributed by atoms with van der Waals surface area (Å²) < 4.78 is 0. The van der Waals surface area contributed by atoms with Crippen molar-refractivity contribution in [2.24, 2.45) is 5.92 Å². The van der Waals surface area contributed by atoms with Gasteiger partial charge in [0.1, 0.15) is 0 Å². The van der Waals surface area contributed by atoms with Crippen LogP contribution in [0.15, 0.2) is 11.6 Å². The van der Waals surface area contributed by atoms with Crippen LogP contribution in [0.5, 0.6) is 0 Å². The fraction of sp³-hybridized carbons (Fsp3) is 0.727. The monoisotopic (exact) mass is 179 g/mol. The molecule has 2 nitrogen and oxygen atoms in total. The molecule has 0 radical (unpaired) electrons. The lowest BCUT2D eigenvalue weighted by atomic mass is 9.90. The minimum Gasteiger partial charge on any atom is -0.315 e. The van der Waals surface area contributed by atoms with Crippen LogP contribution in [0, 0.1) is 5.92 Å². The molecule has 13 heavy (non-hydrogen) atoms. The summed E-state index contributed by atoms with van der Waals surface area (Å²) in [6.45, 7) is 1.80. The highest BCUT2D eigenvalue weighted by Gasteiger charge is 2.27. The van der Waals surface area contributed by atoms with Gasteiger partial charge in [0, 0.05) is 19.0 Å². The van der Waals surface area contributed by atoms with E-state index in [1.54, 1.807) is 0 Å². The molecule has 2 rings (SSSR count). The average Bonchev–Trinajstić information content (AvgIpc) is 2.27. The van der Waals surface area contributed by atoms with Crippen molar-refractivity contribution in [2.45, 2.75) is 32.1 Å². The van der Waals surface area contributed by atoms with E-state index in [-0.39, 0.29) is 0 Å². The van der Waals surface area contributed by atoms with Crippen LogP contribution in [-0.4, -0.2) is 18.9 Å². The van der Waals surface area contributed by atoms with E-state index < -0.39 is 0 Å². The number of nitrogens with one attached hydrogen (secondary N) is 1. The number of Topliss-reactive ketones (excluding diaryl/α,β-unsaturated/α-hetero) is 1. The van der Waals surface area contributed by atoms with Crippen LogP contribution in [0.3, 0.4) is 0 Å². The Morgan fingerprint density at radius 1 is 1.31 bits per heavy atom. The fourth-order valence-electron chi connectivity index (χ4n) is 1.97. The molecule has 0 amide bonds. The number of carbonyl (C=O) groups is 1. The van der Waals surface area contributed by atoms with E-state index in [0.29, 0.717) is 11.7 Å². The van der Waals surface area contributed by atoms with Gasteiger partial charge in [0.2, 0.25) is 0 Å². The predicted octanol–water partition coefficient (Wildman–Crippen LogP) is 1.67. The van der Waals surface area contributed by atoms with Crippen molar-refractivity contribution in [3.05, 3.63) is 11.6 Å². The zero-order valence-corrected chi connectivity index (χ0v) is 8.01. The molecule has 1 N–H and O–H groups in total. The molecule has 72 valence electrons. The third kappa shape index (κ3) is 1.99. The molecule has 0 atom stereocenters. The first-order valence-electron chi connectivity index (χ1n) is 5.32. The van der Waals surface area contributed by atoms with Crippen molar-refractivity contribution in [1.29, 1.82) is 0 Å². The molecule has 0 aromatic rings. The number of hydrogen-bond acceptors (Lipinski definition) is 2. The van der Waals surface area contributed by atoms with Crippen molar-refractivity contribution >= 4 is 5.78 Å². The summed E-state index contributed by atoms with van der Waals surface area (Å²) in [5, 5.41) is 3.15. The third-order valence-electron chi connectivity index (χ3n) is 3.01. The van der Waals surface area contributed by atoms with Crippen molar-refractivity contribution in [3.8, 4) is 0 Å². The summed E-state index contributed by atoms with van der Waals surface area (Å²) in [4.78, 5) is 11.8. The summed E-state index contributed by atoms with van der Waals surface area (Å²) in [6.07, 6.45) is 8.07. The van der Waals surface area contributed by atoms with Gasteiger partial charge in [0.05, 0.1) is 0 Å². The zero-order valence-electron chi connectivity index (χ0n) is 8.01. The third-order valence-corrected chi connectivity index (χ3v) is 3.01. The number of hydrogen-bond donors (Lipinski definition) is 1. The summed E-state index contributed by atoms with van der Waals surface area (Å²) in [6, 6.07) is 0. The molecular weight excluding hydrogens is 162 g/mol. The smallest absolute Gasteiger partial charge is 0.164 e. The Kier molecular flexibility index (Phi) is 2.79. The minimum absolute atomic E-state index is 0.296. The van der Waals surface area contributed by atoms with Gasteiger partial charge in [-0.2, -0.15) is 0 Å². The quantitative estimate of drug-likeness (QED) is 0.698. The Morgan fingerprint density at radius 3 is 2.85 bits per heavy atom. The van der Waals surface area contributed by atoms with Crippen molar-refractivity contribution < 1.29 is 4.79 Å². The van der Waals surface area contributed by atoms with Gasteiger partial charge in [-0.3, -0.25) is 4.79 Å². The van der Waals surface area contributed by atoms with E-state index in [0.717, 1.165) is 31.5 Å². The van der Waals surface area contributed by atoms with Crippen LogP contribution < -0.4 is 5.32 Å². The minimum atomic E-state index is 0.296. The molecule has 0 spiro atoms. The summed E-state index contributed by atoms with van der Waals surface area (Å²) in [5.74, 6) is 0.713. The maximum absolute atomic E-state index is 11.8. The Morgan fingerprint density at radius 2 is 2.15 bits per heavy atom. The van der Waals surface area contributed by atoms with Gasteiger partial charge < -0.3 is 5.32 Å². The van der Waals surface area contributed by atoms with E-state index in [1.807, 2.05) is 0 Å². The Labute approximate surface area is 79.4 Å². The number of allylic oxidation sites excluding steroid dienone is 2. The lowest BCUT2D eigenvalue weighted by Crippen LogP contribution is -2.47. The Bertz CT molecular complexity index is 228. The van der Waals surface area contributed by atoms with Crippen molar-refractivity contribution in [1.82, 2.24) is 5.32 Å². The van der Waals surface area contributed by atoms with Crippen LogP contribution in [0.25, 0.3) is 0 Å². The fourth-order valence-corrected chi connectivity index (χ4v) is 1.97. The van der Waals surface area contributed by atoms with Gasteiger partial charge in [-0.1, -0.05) is 12.5 Å². The maximum Gasteiger partial charge on any atom is 0.164 e. The van der Waals surface area contributed by atoms with E-state index in [4.69, 9.17) is 0 Å². The van der Waals surface area contributed by atoms with Gasteiger partial charge >= 0.3 is 0 Å². The molecule has 0 saturated carbocycles. The molecule has 2 heteroatoms. The normalized spacial score (nSPS) is 24.5. The molecule has 1 aliphatic heterocycles. The zero-order chi connectivity index (χ0) is 9.10. The standard InChI is InChI=1S/C11H17NO/c13-11(10-7-12-8-10)9-5-3-1-2-4-6-9/h5,10,12H,1-4,6-8H2. The Hall–Kier alpha value is -0.630. The first-order valence-corrected chi connectivity index (χ1v) is 5.32. The van der Waals surface area contributed by atoms with Crippen molar-refractivity contribution in [3.63, 3.8) is 0 Å². The highest BCUT2D eigenvalue weighted by molar-refractivity contribution is 5.98.